The Bertz CT molecular complexity index is 547. The lowest BCUT2D eigenvalue weighted by Gasteiger charge is -2.32. The summed E-state index contributed by atoms with van der Waals surface area (Å²) < 4.78 is 0. The average Bonchev–Trinajstić information content (AvgIpc) is 2.90. The summed E-state index contributed by atoms with van der Waals surface area (Å²) in [5.74, 6) is 0. The Kier molecular flexibility index (Phi) is 5.32. The van der Waals surface area contributed by atoms with Gasteiger partial charge < -0.3 is 4.90 Å². The van der Waals surface area contributed by atoms with Crippen molar-refractivity contribution in [3.05, 3.63) is 22.4 Å². The highest BCUT2D eigenvalue weighted by atomic mass is 15.3. The Balaban J connectivity index is 3.29. The van der Waals surface area contributed by atoms with Crippen molar-refractivity contribution in [1.82, 2.24) is 9.80 Å². The van der Waals surface area contributed by atoms with E-state index in [1.54, 1.807) is 6.92 Å². The van der Waals surface area contributed by atoms with Crippen LogP contribution in [0.2, 0.25) is 0 Å². The lowest BCUT2D eigenvalue weighted by Crippen LogP contribution is -2.39. The minimum atomic E-state index is 0.00139. The molecule has 1 atom stereocenters. The zero-order chi connectivity index (χ0) is 15.3. The molecule has 104 valence electrons. The molecule has 0 aromatic carbocycles. The first kappa shape index (κ1) is 15.8. The molecule has 1 heterocycles. The molecular weight excluding hydrogens is 250 g/mol. The van der Waals surface area contributed by atoms with Gasteiger partial charge in [0.1, 0.15) is 23.8 Å². The number of hydrogen-bond donors (Lipinski definition) is 0. The normalized spacial score (nSPS) is 18.9. The molecule has 0 radical (unpaired) electrons. The summed E-state index contributed by atoms with van der Waals surface area (Å²) in [6.45, 7) is 4.43. The van der Waals surface area contributed by atoms with Gasteiger partial charge in [-0.3, -0.25) is 4.90 Å². The second-order valence-electron chi connectivity index (χ2n) is 5.08. The third-order valence-corrected chi connectivity index (χ3v) is 3.70. The van der Waals surface area contributed by atoms with Crippen molar-refractivity contribution in [2.24, 2.45) is 0 Å². The van der Waals surface area contributed by atoms with Gasteiger partial charge in [-0.05, 0) is 46.4 Å². The maximum absolute atomic E-state index is 9.39. The summed E-state index contributed by atoms with van der Waals surface area (Å²) in [6, 6.07) is 5.85. The van der Waals surface area contributed by atoms with Gasteiger partial charge in [-0.25, -0.2) is 0 Å². The van der Waals surface area contributed by atoms with E-state index in [0.717, 1.165) is 25.1 Å². The molecule has 1 unspecified atom stereocenters. The van der Waals surface area contributed by atoms with E-state index in [4.69, 9.17) is 10.5 Å². The van der Waals surface area contributed by atoms with Gasteiger partial charge in [0.25, 0.3) is 0 Å². The molecule has 1 saturated heterocycles. The first-order chi connectivity index (χ1) is 9.47. The van der Waals surface area contributed by atoms with E-state index in [2.05, 4.69) is 15.9 Å². The van der Waals surface area contributed by atoms with E-state index in [1.807, 2.05) is 33.2 Å². The largest absolute Gasteiger partial charge is 0.358 e. The smallest absolute Gasteiger partial charge is 0.133 e. The van der Waals surface area contributed by atoms with Crippen LogP contribution in [0.25, 0.3) is 0 Å². The maximum Gasteiger partial charge on any atom is 0.133 e. The van der Waals surface area contributed by atoms with Crippen LogP contribution in [0.1, 0.15) is 26.7 Å². The Labute approximate surface area is 120 Å². The number of nitrogens with zero attached hydrogens (tertiary/aromatic N) is 5. The van der Waals surface area contributed by atoms with Crippen LogP contribution >= 0.6 is 0 Å². The first-order valence-electron chi connectivity index (χ1n) is 6.53. The molecule has 5 heteroatoms. The summed E-state index contributed by atoms with van der Waals surface area (Å²) in [5, 5.41) is 27.3. The van der Waals surface area contributed by atoms with E-state index in [1.165, 1.54) is 0 Å². The molecular formula is C15H19N5. The maximum atomic E-state index is 9.39. The monoisotopic (exact) mass is 269 g/mol. The number of rotatable bonds is 3. The van der Waals surface area contributed by atoms with Gasteiger partial charge in [0, 0.05) is 12.2 Å². The van der Waals surface area contributed by atoms with Crippen molar-refractivity contribution in [3.63, 3.8) is 0 Å². The van der Waals surface area contributed by atoms with E-state index >= 15 is 0 Å². The van der Waals surface area contributed by atoms with Gasteiger partial charge in [-0.2, -0.15) is 15.8 Å². The molecule has 0 amide bonds. The average molecular weight is 269 g/mol. The first-order valence-corrected chi connectivity index (χ1v) is 6.53. The van der Waals surface area contributed by atoms with Crippen LogP contribution in [0.4, 0.5) is 0 Å². The molecule has 0 saturated carbocycles. The fourth-order valence-electron chi connectivity index (χ4n) is 2.57. The van der Waals surface area contributed by atoms with E-state index in [9.17, 15) is 5.26 Å². The van der Waals surface area contributed by atoms with Crippen molar-refractivity contribution >= 4 is 0 Å². The van der Waals surface area contributed by atoms with Crippen molar-refractivity contribution in [1.29, 1.82) is 15.8 Å². The molecule has 1 aliphatic rings. The lowest BCUT2D eigenvalue weighted by atomic mass is 10.0. The molecule has 0 aromatic heterocycles. The summed E-state index contributed by atoms with van der Waals surface area (Å²) in [4.78, 5) is 4.30. The van der Waals surface area contributed by atoms with E-state index in [0.29, 0.717) is 11.1 Å². The zero-order valence-electron chi connectivity index (χ0n) is 12.4. The van der Waals surface area contributed by atoms with Crippen LogP contribution in [0.5, 0.6) is 0 Å². The molecule has 0 spiro atoms. The topological polar surface area (TPSA) is 77.8 Å². The fourth-order valence-corrected chi connectivity index (χ4v) is 2.57. The van der Waals surface area contributed by atoms with Crippen molar-refractivity contribution in [3.8, 4) is 18.2 Å². The lowest BCUT2D eigenvalue weighted by molar-refractivity contribution is 0.153. The van der Waals surface area contributed by atoms with Gasteiger partial charge >= 0.3 is 0 Å². The Morgan fingerprint density at radius 1 is 1.10 bits per heavy atom. The zero-order valence-corrected chi connectivity index (χ0v) is 12.4. The highest BCUT2D eigenvalue weighted by molar-refractivity contribution is 5.54. The van der Waals surface area contributed by atoms with Gasteiger partial charge in [-0.1, -0.05) is 0 Å². The minimum Gasteiger partial charge on any atom is -0.358 e. The van der Waals surface area contributed by atoms with E-state index < -0.39 is 0 Å². The minimum absolute atomic E-state index is 0.00139. The summed E-state index contributed by atoms with van der Waals surface area (Å²) in [7, 11) is 4.03. The van der Waals surface area contributed by atoms with Crippen LogP contribution in [-0.4, -0.2) is 36.6 Å². The van der Waals surface area contributed by atoms with Crippen LogP contribution in [0, 0.1) is 34.0 Å². The predicted octanol–water partition coefficient (Wildman–Crippen LogP) is 2.13. The van der Waals surface area contributed by atoms with E-state index in [-0.39, 0.29) is 11.7 Å². The third kappa shape index (κ3) is 2.99. The summed E-state index contributed by atoms with van der Waals surface area (Å²) in [5.41, 5.74) is 1.72. The number of allylic oxidation sites excluding steroid dienone is 4. The Hall–Kier alpha value is -2.29. The molecule has 1 aliphatic heterocycles. The molecule has 0 aromatic rings. The van der Waals surface area contributed by atoms with Crippen LogP contribution in [-0.2, 0) is 0 Å². The highest BCUT2D eigenvalue weighted by Crippen LogP contribution is 2.27. The summed E-state index contributed by atoms with van der Waals surface area (Å²) >= 11 is 0. The van der Waals surface area contributed by atoms with Gasteiger partial charge in [0.2, 0.25) is 0 Å². The van der Waals surface area contributed by atoms with Crippen molar-refractivity contribution < 1.29 is 0 Å². The predicted molar refractivity (Wildman–Crippen MR) is 75.7 cm³/mol. The second-order valence-corrected chi connectivity index (χ2v) is 5.08. The fraction of sp³-hybridized carbons (Fsp3) is 0.533. The molecule has 20 heavy (non-hydrogen) atoms. The number of hydrogen-bond acceptors (Lipinski definition) is 5. The SMILES string of the molecule is CC(=C(C#N)C#N)/C(C#N)=C(\C)N1CCCC1N(C)C. The second kappa shape index (κ2) is 6.75. The van der Waals surface area contributed by atoms with Gasteiger partial charge in [0.05, 0.1) is 11.7 Å². The van der Waals surface area contributed by atoms with Gasteiger partial charge in [0.15, 0.2) is 0 Å². The molecule has 0 bridgehead atoms. The molecule has 1 rings (SSSR count). The third-order valence-electron chi connectivity index (χ3n) is 3.70. The van der Waals surface area contributed by atoms with Crippen LogP contribution in [0.3, 0.4) is 0 Å². The molecule has 1 fully saturated rings. The quantitative estimate of drug-likeness (QED) is 0.579. The highest BCUT2D eigenvalue weighted by Gasteiger charge is 2.28. The molecule has 5 nitrogen and oxygen atoms in total. The number of nitriles is 3. The van der Waals surface area contributed by atoms with Gasteiger partial charge in [-0.15, -0.1) is 0 Å². The standard InChI is InChI=1S/C15H19N5/c1-11(13(8-16)9-17)14(10-18)12(2)20-7-5-6-15(20)19(3)4/h15H,5-7H2,1-4H3/b14-12+. The van der Waals surface area contributed by atoms with Crippen molar-refractivity contribution in [2.45, 2.75) is 32.9 Å². The van der Waals surface area contributed by atoms with Crippen LogP contribution in [0.15, 0.2) is 22.4 Å². The van der Waals surface area contributed by atoms with Crippen LogP contribution < -0.4 is 0 Å². The Morgan fingerprint density at radius 2 is 1.70 bits per heavy atom. The molecule has 0 N–H and O–H groups in total. The Morgan fingerprint density at radius 3 is 2.15 bits per heavy atom. The van der Waals surface area contributed by atoms with Crippen molar-refractivity contribution in [2.75, 3.05) is 20.6 Å². The summed E-state index contributed by atoms with van der Waals surface area (Å²) in [6.07, 6.45) is 2.39. The number of likely N-dealkylation sites (tertiary alicyclic amines) is 1. The molecule has 0 aliphatic carbocycles.